The number of nitrogens with zero attached hydrogens (tertiary/aromatic N) is 1. The van der Waals surface area contributed by atoms with Crippen LogP contribution in [0.4, 0.5) is 0 Å². The summed E-state index contributed by atoms with van der Waals surface area (Å²) in [6.07, 6.45) is 0.284. The molecule has 1 aromatic rings. The Morgan fingerprint density at radius 3 is 2.47 bits per heavy atom. The first-order valence-corrected chi connectivity index (χ1v) is 7.99. The lowest BCUT2D eigenvalue weighted by Gasteiger charge is -2.16. The number of carbonyl (C=O) groups excluding carboxylic acids is 1. The first-order chi connectivity index (χ1) is 7.90. The number of amides is 1. The zero-order valence-corrected chi connectivity index (χ0v) is 10.9. The van der Waals surface area contributed by atoms with Gasteiger partial charge >= 0.3 is 0 Å². The number of hydroxylamine groups is 2. The lowest BCUT2D eigenvalue weighted by molar-refractivity contribution is -0.0622. The minimum Gasteiger partial charge on any atom is -0.323 e. The molecule has 2 N–H and O–H groups in total. The highest BCUT2D eigenvalue weighted by atomic mass is 31.2. The van der Waals surface area contributed by atoms with Gasteiger partial charge in [-0.1, -0.05) is 18.2 Å². The van der Waals surface area contributed by atoms with Gasteiger partial charge in [-0.2, -0.15) is 0 Å². The predicted octanol–water partition coefficient (Wildman–Crippen LogP) is 1.65. The second-order valence-electron chi connectivity index (χ2n) is 4.21. The summed E-state index contributed by atoms with van der Waals surface area (Å²) in [4.78, 5) is 11.7. The largest absolute Gasteiger partial charge is 0.323 e. The van der Waals surface area contributed by atoms with Gasteiger partial charge in [0.15, 0.2) is 0 Å². The lowest BCUT2D eigenvalue weighted by Crippen LogP contribution is -2.36. The molecule has 0 aromatic heterocycles. The standard InChI is InChI=1S/C11H17N2O3P/c1-17(2,16)9-12-8-13(15)11(14)10-6-4-3-5-7-10/h3-7,12,15H,8-9H2,1-2H3. The van der Waals surface area contributed by atoms with E-state index in [2.05, 4.69) is 5.32 Å². The summed E-state index contributed by atoms with van der Waals surface area (Å²) in [5, 5.41) is 12.8. The molecule has 94 valence electrons. The van der Waals surface area contributed by atoms with Crippen molar-refractivity contribution in [1.82, 2.24) is 10.4 Å². The Morgan fingerprint density at radius 2 is 1.94 bits per heavy atom. The van der Waals surface area contributed by atoms with E-state index in [-0.39, 0.29) is 13.0 Å². The fourth-order valence-corrected chi connectivity index (χ4v) is 1.87. The highest BCUT2D eigenvalue weighted by Gasteiger charge is 2.13. The number of rotatable bonds is 5. The smallest absolute Gasteiger partial charge is 0.278 e. The van der Waals surface area contributed by atoms with Crippen LogP contribution in [0.3, 0.4) is 0 Å². The van der Waals surface area contributed by atoms with Crippen molar-refractivity contribution < 1.29 is 14.6 Å². The van der Waals surface area contributed by atoms with Crippen molar-refractivity contribution in [3.05, 3.63) is 35.9 Å². The van der Waals surface area contributed by atoms with Crippen molar-refractivity contribution in [2.24, 2.45) is 0 Å². The number of hydrogen-bond acceptors (Lipinski definition) is 4. The number of carbonyl (C=O) groups is 1. The van der Waals surface area contributed by atoms with E-state index >= 15 is 0 Å². The summed E-state index contributed by atoms with van der Waals surface area (Å²) in [6, 6.07) is 8.48. The fraction of sp³-hybridized carbons (Fsp3) is 0.364. The molecule has 0 atom stereocenters. The van der Waals surface area contributed by atoms with Crippen LogP contribution in [-0.2, 0) is 4.57 Å². The Balaban J connectivity index is 2.46. The first kappa shape index (κ1) is 13.9. The highest BCUT2D eigenvalue weighted by Crippen LogP contribution is 2.33. The normalized spacial score (nSPS) is 11.2. The summed E-state index contributed by atoms with van der Waals surface area (Å²) in [5.41, 5.74) is 0.410. The molecule has 0 spiro atoms. The van der Waals surface area contributed by atoms with Crippen LogP contribution in [0.1, 0.15) is 10.4 Å². The second-order valence-corrected chi connectivity index (χ2v) is 7.67. The van der Waals surface area contributed by atoms with Crippen LogP contribution >= 0.6 is 7.14 Å². The molecule has 0 saturated heterocycles. The molecule has 1 rings (SSSR count). The lowest BCUT2D eigenvalue weighted by atomic mass is 10.2. The van der Waals surface area contributed by atoms with E-state index in [1.165, 1.54) is 0 Å². The molecule has 0 heterocycles. The molecule has 0 fully saturated rings. The maximum absolute atomic E-state index is 11.7. The van der Waals surface area contributed by atoms with Crippen LogP contribution in [0, 0.1) is 0 Å². The predicted molar refractivity (Wildman–Crippen MR) is 66.7 cm³/mol. The Hall–Kier alpha value is -1.16. The van der Waals surface area contributed by atoms with Crippen LogP contribution in [0.5, 0.6) is 0 Å². The van der Waals surface area contributed by atoms with E-state index in [9.17, 15) is 14.6 Å². The van der Waals surface area contributed by atoms with Crippen molar-refractivity contribution in [2.75, 3.05) is 26.3 Å². The van der Waals surface area contributed by atoms with E-state index in [1.807, 2.05) is 0 Å². The van der Waals surface area contributed by atoms with Crippen molar-refractivity contribution in [3.8, 4) is 0 Å². The first-order valence-electron chi connectivity index (χ1n) is 5.20. The van der Waals surface area contributed by atoms with Gasteiger partial charge in [0.05, 0.1) is 20.1 Å². The van der Waals surface area contributed by atoms with Crippen molar-refractivity contribution >= 4 is 13.0 Å². The summed E-state index contributed by atoms with van der Waals surface area (Å²) in [7, 11) is -2.18. The Kier molecular flexibility index (Phi) is 4.87. The third-order valence-electron chi connectivity index (χ3n) is 2.01. The van der Waals surface area contributed by atoms with Crippen molar-refractivity contribution in [1.29, 1.82) is 0 Å². The maximum atomic E-state index is 11.7. The number of benzene rings is 1. The fourth-order valence-electron chi connectivity index (χ4n) is 1.23. The van der Waals surface area contributed by atoms with E-state index < -0.39 is 13.0 Å². The summed E-state index contributed by atoms with van der Waals surface area (Å²) >= 11 is 0. The third-order valence-corrected chi connectivity index (χ3v) is 2.99. The SMILES string of the molecule is CP(C)(=O)CNCN(O)C(=O)c1ccccc1. The molecule has 5 nitrogen and oxygen atoms in total. The molecule has 0 radical (unpaired) electrons. The molecule has 1 amide bonds. The zero-order valence-electron chi connectivity index (χ0n) is 9.96. The minimum absolute atomic E-state index is 0.0423. The Bertz CT molecular complexity index is 416. The Morgan fingerprint density at radius 1 is 1.35 bits per heavy atom. The van der Waals surface area contributed by atoms with Gasteiger partial charge in [-0.05, 0) is 25.5 Å². The van der Waals surface area contributed by atoms with E-state index in [1.54, 1.807) is 43.7 Å². The molecular weight excluding hydrogens is 239 g/mol. The van der Waals surface area contributed by atoms with E-state index in [4.69, 9.17) is 0 Å². The molecule has 0 unspecified atom stereocenters. The number of hydrogen-bond donors (Lipinski definition) is 2. The average molecular weight is 256 g/mol. The summed E-state index contributed by atoms with van der Waals surface area (Å²) in [5.74, 6) is -0.486. The molecule has 0 aliphatic carbocycles. The minimum atomic E-state index is -2.18. The van der Waals surface area contributed by atoms with Gasteiger partial charge < -0.3 is 4.57 Å². The second kappa shape index (κ2) is 5.96. The average Bonchev–Trinajstić information content (AvgIpc) is 2.27. The topological polar surface area (TPSA) is 69.6 Å². The zero-order chi connectivity index (χ0) is 12.9. The highest BCUT2D eigenvalue weighted by molar-refractivity contribution is 7.62. The molecule has 0 aliphatic heterocycles. The van der Waals surface area contributed by atoms with Gasteiger partial charge in [0.1, 0.15) is 0 Å². The summed E-state index contributed by atoms with van der Waals surface area (Å²) in [6.45, 7) is 3.24. The van der Waals surface area contributed by atoms with Gasteiger partial charge in [0.25, 0.3) is 5.91 Å². The van der Waals surface area contributed by atoms with Crippen molar-refractivity contribution in [2.45, 2.75) is 0 Å². The maximum Gasteiger partial charge on any atom is 0.278 e. The van der Waals surface area contributed by atoms with Crippen LogP contribution in [-0.4, -0.2) is 42.5 Å². The van der Waals surface area contributed by atoms with Gasteiger partial charge in [-0.15, -0.1) is 0 Å². The van der Waals surface area contributed by atoms with Crippen LogP contribution in [0.25, 0.3) is 0 Å². The van der Waals surface area contributed by atoms with Gasteiger partial charge in [0, 0.05) is 5.56 Å². The number of nitrogens with one attached hydrogen (secondary N) is 1. The molecular formula is C11H17N2O3P. The quantitative estimate of drug-likeness (QED) is 0.364. The van der Waals surface area contributed by atoms with Crippen LogP contribution in [0.15, 0.2) is 30.3 Å². The van der Waals surface area contributed by atoms with Crippen LogP contribution < -0.4 is 5.32 Å². The van der Waals surface area contributed by atoms with Gasteiger partial charge in [-0.25, -0.2) is 5.06 Å². The van der Waals surface area contributed by atoms with Crippen molar-refractivity contribution in [3.63, 3.8) is 0 Å². The molecule has 17 heavy (non-hydrogen) atoms. The third kappa shape index (κ3) is 5.13. The van der Waals surface area contributed by atoms with Gasteiger partial charge in [0.2, 0.25) is 0 Å². The van der Waals surface area contributed by atoms with Crippen LogP contribution in [0.2, 0.25) is 0 Å². The summed E-state index contributed by atoms with van der Waals surface area (Å²) < 4.78 is 11.4. The van der Waals surface area contributed by atoms with E-state index in [0.717, 1.165) is 0 Å². The molecule has 0 bridgehead atoms. The van der Waals surface area contributed by atoms with E-state index in [0.29, 0.717) is 10.6 Å². The Labute approximate surface area is 101 Å². The van der Waals surface area contributed by atoms with Gasteiger partial charge in [-0.3, -0.25) is 15.3 Å². The molecule has 0 aliphatic rings. The molecule has 0 saturated carbocycles. The monoisotopic (exact) mass is 256 g/mol. The molecule has 1 aromatic carbocycles. The molecule has 6 heteroatoms.